The maximum atomic E-state index is 12.0. The molecule has 1 fully saturated rings. The van der Waals surface area contributed by atoms with Crippen molar-refractivity contribution in [3.63, 3.8) is 0 Å². The number of carboxylic acid groups (broad SMARTS) is 1. The van der Waals surface area contributed by atoms with Crippen LogP contribution in [0.4, 0.5) is 0 Å². The summed E-state index contributed by atoms with van der Waals surface area (Å²) in [6.45, 7) is 3.78. The van der Waals surface area contributed by atoms with Gasteiger partial charge in [-0.3, -0.25) is 9.59 Å². The summed E-state index contributed by atoms with van der Waals surface area (Å²) >= 11 is 0. The Kier molecular flexibility index (Phi) is 6.84. The van der Waals surface area contributed by atoms with E-state index in [1.165, 1.54) is 0 Å². The number of rotatable bonds is 8. The van der Waals surface area contributed by atoms with Crippen molar-refractivity contribution >= 4 is 11.9 Å². The van der Waals surface area contributed by atoms with Crippen LogP contribution in [0.5, 0.6) is 0 Å². The van der Waals surface area contributed by atoms with Gasteiger partial charge >= 0.3 is 5.97 Å². The lowest BCUT2D eigenvalue weighted by Gasteiger charge is -2.19. The minimum absolute atomic E-state index is 0.0990. The van der Waals surface area contributed by atoms with E-state index in [-0.39, 0.29) is 11.8 Å². The SMILES string of the molecule is CCCC(CCN)CCC(=O)N1CCC(C(=O)O)C1. The van der Waals surface area contributed by atoms with Gasteiger partial charge in [-0.15, -0.1) is 0 Å². The van der Waals surface area contributed by atoms with Gasteiger partial charge in [-0.05, 0) is 31.7 Å². The zero-order valence-corrected chi connectivity index (χ0v) is 11.8. The fourth-order valence-corrected chi connectivity index (χ4v) is 2.75. The van der Waals surface area contributed by atoms with Crippen molar-refractivity contribution in [1.29, 1.82) is 0 Å². The number of nitrogens with zero attached hydrogens (tertiary/aromatic N) is 1. The second kappa shape index (κ2) is 8.15. The molecule has 2 unspecified atom stereocenters. The first-order chi connectivity index (χ1) is 9.08. The van der Waals surface area contributed by atoms with Crippen molar-refractivity contribution in [3.05, 3.63) is 0 Å². The molecule has 0 spiro atoms. The van der Waals surface area contributed by atoms with Gasteiger partial charge in [0.25, 0.3) is 0 Å². The summed E-state index contributed by atoms with van der Waals surface area (Å²) in [7, 11) is 0. The molecule has 3 N–H and O–H groups in total. The van der Waals surface area contributed by atoms with E-state index in [2.05, 4.69) is 6.92 Å². The van der Waals surface area contributed by atoms with Gasteiger partial charge in [-0.2, -0.15) is 0 Å². The van der Waals surface area contributed by atoms with E-state index in [0.717, 1.165) is 25.7 Å². The van der Waals surface area contributed by atoms with Crippen molar-refractivity contribution in [3.8, 4) is 0 Å². The zero-order chi connectivity index (χ0) is 14.3. The molecule has 5 heteroatoms. The Morgan fingerprint density at radius 2 is 2.11 bits per heavy atom. The molecule has 1 saturated heterocycles. The Bertz CT molecular complexity index is 301. The molecule has 5 nitrogen and oxygen atoms in total. The van der Waals surface area contributed by atoms with Gasteiger partial charge in [0.2, 0.25) is 5.91 Å². The molecule has 1 rings (SSSR count). The number of nitrogens with two attached hydrogens (primary N) is 1. The van der Waals surface area contributed by atoms with Crippen LogP contribution in [0, 0.1) is 11.8 Å². The van der Waals surface area contributed by atoms with E-state index in [4.69, 9.17) is 10.8 Å². The van der Waals surface area contributed by atoms with E-state index in [0.29, 0.717) is 38.4 Å². The number of hydrogen-bond acceptors (Lipinski definition) is 3. The molecule has 0 aromatic carbocycles. The Balaban J connectivity index is 2.32. The molecule has 2 atom stereocenters. The van der Waals surface area contributed by atoms with Gasteiger partial charge in [0.1, 0.15) is 0 Å². The molecule has 1 aliphatic heterocycles. The van der Waals surface area contributed by atoms with E-state index in [1.807, 2.05) is 0 Å². The van der Waals surface area contributed by atoms with Crippen LogP contribution in [0.15, 0.2) is 0 Å². The van der Waals surface area contributed by atoms with Crippen molar-refractivity contribution < 1.29 is 14.7 Å². The summed E-state index contributed by atoms with van der Waals surface area (Å²) < 4.78 is 0. The van der Waals surface area contributed by atoms with E-state index in [1.54, 1.807) is 4.90 Å². The summed E-state index contributed by atoms with van der Waals surface area (Å²) in [5.41, 5.74) is 5.58. The maximum Gasteiger partial charge on any atom is 0.308 e. The smallest absolute Gasteiger partial charge is 0.308 e. The van der Waals surface area contributed by atoms with Crippen LogP contribution >= 0.6 is 0 Å². The maximum absolute atomic E-state index is 12.0. The van der Waals surface area contributed by atoms with Crippen LogP contribution in [0.3, 0.4) is 0 Å². The number of likely N-dealkylation sites (tertiary alicyclic amines) is 1. The summed E-state index contributed by atoms with van der Waals surface area (Å²) in [6, 6.07) is 0. The monoisotopic (exact) mass is 270 g/mol. The molecule has 0 bridgehead atoms. The third kappa shape index (κ3) is 5.19. The third-order valence-corrected chi connectivity index (χ3v) is 3.93. The lowest BCUT2D eigenvalue weighted by Crippen LogP contribution is -2.30. The highest BCUT2D eigenvalue weighted by Gasteiger charge is 2.30. The largest absolute Gasteiger partial charge is 0.481 e. The fraction of sp³-hybridized carbons (Fsp3) is 0.857. The highest BCUT2D eigenvalue weighted by molar-refractivity contribution is 5.78. The standard InChI is InChI=1S/C14H26N2O3/c1-2-3-11(6-8-15)4-5-13(17)16-9-7-12(10-16)14(18)19/h11-12H,2-10,15H2,1H3,(H,18,19). The van der Waals surface area contributed by atoms with Gasteiger partial charge in [0.15, 0.2) is 0 Å². The Morgan fingerprint density at radius 1 is 1.37 bits per heavy atom. The first-order valence-corrected chi connectivity index (χ1v) is 7.29. The molecular formula is C14H26N2O3. The second-order valence-corrected chi connectivity index (χ2v) is 5.43. The lowest BCUT2D eigenvalue weighted by atomic mass is 9.94. The first kappa shape index (κ1) is 16.0. The molecule has 19 heavy (non-hydrogen) atoms. The van der Waals surface area contributed by atoms with Crippen LogP contribution in [0.1, 0.15) is 45.4 Å². The predicted molar refractivity (Wildman–Crippen MR) is 73.6 cm³/mol. The lowest BCUT2D eigenvalue weighted by molar-refractivity contribution is -0.141. The number of aliphatic carboxylic acids is 1. The molecule has 0 aliphatic carbocycles. The first-order valence-electron chi connectivity index (χ1n) is 7.29. The zero-order valence-electron chi connectivity index (χ0n) is 11.8. The normalized spacial score (nSPS) is 20.5. The van der Waals surface area contributed by atoms with E-state index < -0.39 is 5.97 Å². The molecule has 1 aliphatic rings. The number of carboxylic acids is 1. The van der Waals surface area contributed by atoms with E-state index in [9.17, 15) is 9.59 Å². The number of amides is 1. The molecule has 0 radical (unpaired) electrons. The van der Waals surface area contributed by atoms with Gasteiger partial charge in [-0.1, -0.05) is 19.8 Å². The highest BCUT2D eigenvalue weighted by atomic mass is 16.4. The Labute approximate surface area is 115 Å². The predicted octanol–water partition coefficient (Wildman–Crippen LogP) is 1.46. The van der Waals surface area contributed by atoms with Gasteiger partial charge < -0.3 is 15.7 Å². The van der Waals surface area contributed by atoms with Gasteiger partial charge in [0, 0.05) is 19.5 Å². The van der Waals surface area contributed by atoms with Crippen LogP contribution in [0.25, 0.3) is 0 Å². The molecule has 110 valence electrons. The van der Waals surface area contributed by atoms with Crippen molar-refractivity contribution in [2.24, 2.45) is 17.6 Å². The van der Waals surface area contributed by atoms with Crippen molar-refractivity contribution in [1.82, 2.24) is 4.90 Å². The Morgan fingerprint density at radius 3 is 2.63 bits per heavy atom. The molecule has 1 heterocycles. The fourth-order valence-electron chi connectivity index (χ4n) is 2.75. The molecule has 0 aromatic rings. The van der Waals surface area contributed by atoms with Crippen LogP contribution in [-0.2, 0) is 9.59 Å². The minimum Gasteiger partial charge on any atom is -0.481 e. The van der Waals surface area contributed by atoms with Gasteiger partial charge in [0.05, 0.1) is 5.92 Å². The summed E-state index contributed by atoms with van der Waals surface area (Å²) in [5, 5.41) is 8.92. The summed E-state index contributed by atoms with van der Waals surface area (Å²) in [6.07, 6.45) is 5.18. The quantitative estimate of drug-likeness (QED) is 0.699. The summed E-state index contributed by atoms with van der Waals surface area (Å²) in [5.74, 6) is -0.541. The van der Waals surface area contributed by atoms with Crippen molar-refractivity contribution in [2.75, 3.05) is 19.6 Å². The number of carbonyl (C=O) groups excluding carboxylic acids is 1. The van der Waals surface area contributed by atoms with Crippen LogP contribution < -0.4 is 5.73 Å². The van der Waals surface area contributed by atoms with Crippen LogP contribution in [-0.4, -0.2) is 41.5 Å². The number of hydrogen-bond donors (Lipinski definition) is 2. The highest BCUT2D eigenvalue weighted by Crippen LogP contribution is 2.21. The Hall–Kier alpha value is -1.10. The number of carbonyl (C=O) groups is 2. The molecule has 0 saturated carbocycles. The van der Waals surface area contributed by atoms with E-state index >= 15 is 0 Å². The summed E-state index contributed by atoms with van der Waals surface area (Å²) in [4.78, 5) is 24.6. The van der Waals surface area contributed by atoms with Crippen molar-refractivity contribution in [2.45, 2.75) is 45.4 Å². The topological polar surface area (TPSA) is 83.6 Å². The van der Waals surface area contributed by atoms with Gasteiger partial charge in [-0.25, -0.2) is 0 Å². The molecule has 1 amide bonds. The average Bonchev–Trinajstić information content (AvgIpc) is 2.86. The molecule has 0 aromatic heterocycles. The third-order valence-electron chi connectivity index (χ3n) is 3.93. The average molecular weight is 270 g/mol. The minimum atomic E-state index is -0.790. The van der Waals surface area contributed by atoms with Crippen LogP contribution in [0.2, 0.25) is 0 Å². The second-order valence-electron chi connectivity index (χ2n) is 5.43. The molecular weight excluding hydrogens is 244 g/mol.